The molecule has 0 spiro atoms. The number of hydrogen-bond acceptors (Lipinski definition) is 4. The summed E-state index contributed by atoms with van der Waals surface area (Å²) in [6, 6.07) is 5.94. The van der Waals surface area contributed by atoms with Crippen molar-refractivity contribution in [3.63, 3.8) is 0 Å². The molecule has 1 unspecified atom stereocenters. The van der Waals surface area contributed by atoms with Gasteiger partial charge in [0.25, 0.3) is 0 Å². The number of nitroso groups, excluding NO2 is 1. The fraction of sp³-hybridized carbons (Fsp3) is 0.500. The summed E-state index contributed by atoms with van der Waals surface area (Å²) in [5.74, 6) is 0.686. The molecule has 1 aliphatic rings. The number of benzene rings is 1. The molecule has 1 atom stereocenters. The first-order valence-electron chi connectivity index (χ1n) is 5.53. The molecule has 16 heavy (non-hydrogen) atoms. The van der Waals surface area contributed by atoms with E-state index in [1.54, 1.807) is 13.2 Å². The van der Waals surface area contributed by atoms with Crippen molar-refractivity contribution in [3.8, 4) is 5.75 Å². The first-order chi connectivity index (χ1) is 7.74. The van der Waals surface area contributed by atoms with Crippen LogP contribution in [0.4, 0.5) is 11.4 Å². The highest BCUT2D eigenvalue weighted by Crippen LogP contribution is 2.32. The molecule has 1 aromatic carbocycles. The largest absolute Gasteiger partial charge is 0.497 e. The van der Waals surface area contributed by atoms with Gasteiger partial charge in [0.15, 0.2) is 0 Å². The SMILES string of the molecule is COc1cc(N=O)cc(N2CCCC2C)c1. The van der Waals surface area contributed by atoms with Crippen LogP contribution >= 0.6 is 0 Å². The lowest BCUT2D eigenvalue weighted by Crippen LogP contribution is -2.26. The molecule has 4 heteroatoms. The molecule has 86 valence electrons. The summed E-state index contributed by atoms with van der Waals surface area (Å²) < 4.78 is 5.17. The molecule has 0 aliphatic carbocycles. The maximum Gasteiger partial charge on any atom is 0.123 e. The Morgan fingerprint density at radius 1 is 1.44 bits per heavy atom. The number of nitrogens with zero attached hydrogens (tertiary/aromatic N) is 2. The van der Waals surface area contributed by atoms with Crippen molar-refractivity contribution in [3.05, 3.63) is 23.1 Å². The zero-order valence-electron chi connectivity index (χ0n) is 9.64. The Kier molecular flexibility index (Phi) is 3.08. The Morgan fingerprint density at radius 3 is 2.81 bits per heavy atom. The van der Waals surface area contributed by atoms with Gasteiger partial charge in [-0.15, -0.1) is 4.91 Å². The van der Waals surface area contributed by atoms with Crippen LogP contribution in [0.25, 0.3) is 0 Å². The molecule has 0 saturated carbocycles. The van der Waals surface area contributed by atoms with Crippen molar-refractivity contribution in [2.45, 2.75) is 25.8 Å². The van der Waals surface area contributed by atoms with Crippen molar-refractivity contribution >= 4 is 11.4 Å². The van der Waals surface area contributed by atoms with E-state index in [-0.39, 0.29) is 0 Å². The minimum atomic E-state index is 0.424. The van der Waals surface area contributed by atoms with Crippen LogP contribution in [0, 0.1) is 4.91 Å². The molecule has 0 bridgehead atoms. The standard InChI is InChI=1S/C12H16N2O2/c1-9-4-3-5-14(9)11-6-10(13-15)7-12(8-11)16-2/h6-9H,3-5H2,1-2H3. The monoisotopic (exact) mass is 220 g/mol. The van der Waals surface area contributed by atoms with E-state index >= 15 is 0 Å². The fourth-order valence-electron chi connectivity index (χ4n) is 2.22. The molecule has 0 aromatic heterocycles. The number of hydrogen-bond donors (Lipinski definition) is 0. The quantitative estimate of drug-likeness (QED) is 0.735. The van der Waals surface area contributed by atoms with Gasteiger partial charge in [-0.05, 0) is 31.0 Å². The van der Waals surface area contributed by atoms with E-state index in [0.717, 1.165) is 12.2 Å². The molecule has 0 N–H and O–H groups in total. The average Bonchev–Trinajstić information content (AvgIpc) is 2.74. The lowest BCUT2D eigenvalue weighted by Gasteiger charge is -2.24. The van der Waals surface area contributed by atoms with Gasteiger partial charge in [0.2, 0.25) is 0 Å². The van der Waals surface area contributed by atoms with E-state index in [0.29, 0.717) is 17.5 Å². The van der Waals surface area contributed by atoms with Crippen LogP contribution in [0.15, 0.2) is 23.4 Å². The third-order valence-electron chi connectivity index (χ3n) is 3.10. The van der Waals surface area contributed by atoms with Crippen molar-refractivity contribution < 1.29 is 4.74 Å². The van der Waals surface area contributed by atoms with Gasteiger partial charge in [-0.3, -0.25) is 0 Å². The van der Waals surface area contributed by atoms with Gasteiger partial charge in [0.1, 0.15) is 11.4 Å². The molecule has 4 nitrogen and oxygen atoms in total. The molecule has 2 rings (SSSR count). The highest BCUT2D eigenvalue weighted by Gasteiger charge is 2.21. The van der Waals surface area contributed by atoms with Crippen LogP contribution in [-0.2, 0) is 0 Å². The second kappa shape index (κ2) is 4.51. The smallest absolute Gasteiger partial charge is 0.123 e. The topological polar surface area (TPSA) is 41.9 Å². The van der Waals surface area contributed by atoms with Gasteiger partial charge < -0.3 is 9.64 Å². The zero-order chi connectivity index (χ0) is 11.5. The maximum atomic E-state index is 10.6. The fourth-order valence-corrected chi connectivity index (χ4v) is 2.22. The Labute approximate surface area is 95.2 Å². The van der Waals surface area contributed by atoms with Crippen molar-refractivity contribution in [1.82, 2.24) is 0 Å². The molecule has 1 heterocycles. The normalized spacial score (nSPS) is 19.9. The van der Waals surface area contributed by atoms with Crippen LogP contribution in [-0.4, -0.2) is 19.7 Å². The van der Waals surface area contributed by atoms with Crippen molar-refractivity contribution in [2.75, 3.05) is 18.6 Å². The first kappa shape index (κ1) is 10.9. The summed E-state index contributed by atoms with van der Waals surface area (Å²) in [6.45, 7) is 3.23. The van der Waals surface area contributed by atoms with E-state index < -0.39 is 0 Å². The average molecular weight is 220 g/mol. The molecule has 1 fully saturated rings. The third-order valence-corrected chi connectivity index (χ3v) is 3.10. The molecular weight excluding hydrogens is 204 g/mol. The molecule has 0 amide bonds. The van der Waals surface area contributed by atoms with E-state index in [1.165, 1.54) is 12.8 Å². The van der Waals surface area contributed by atoms with Gasteiger partial charge in [0, 0.05) is 30.4 Å². The summed E-state index contributed by atoms with van der Waals surface area (Å²) in [7, 11) is 1.60. The molecule has 1 saturated heterocycles. The van der Waals surface area contributed by atoms with Gasteiger partial charge in [-0.1, -0.05) is 0 Å². The highest BCUT2D eigenvalue weighted by molar-refractivity contribution is 5.61. The second-order valence-electron chi connectivity index (χ2n) is 4.17. The van der Waals surface area contributed by atoms with E-state index in [1.807, 2.05) is 12.1 Å². The summed E-state index contributed by atoms with van der Waals surface area (Å²) in [5, 5.41) is 2.98. The van der Waals surface area contributed by atoms with Gasteiger partial charge in [0.05, 0.1) is 7.11 Å². The van der Waals surface area contributed by atoms with Crippen LogP contribution in [0.1, 0.15) is 19.8 Å². The predicted octanol–water partition coefficient (Wildman–Crippen LogP) is 3.08. The summed E-state index contributed by atoms with van der Waals surface area (Å²) >= 11 is 0. The molecule has 1 aromatic rings. The molecule has 1 aliphatic heterocycles. The van der Waals surface area contributed by atoms with Crippen molar-refractivity contribution in [2.24, 2.45) is 5.18 Å². The van der Waals surface area contributed by atoms with Crippen LogP contribution < -0.4 is 9.64 Å². The Morgan fingerprint density at radius 2 is 2.25 bits per heavy atom. The number of ether oxygens (including phenoxy) is 1. The first-order valence-corrected chi connectivity index (χ1v) is 5.53. The van der Waals surface area contributed by atoms with Crippen molar-refractivity contribution in [1.29, 1.82) is 0 Å². The minimum Gasteiger partial charge on any atom is -0.497 e. The Bertz CT molecular complexity index is 393. The number of rotatable bonds is 3. The predicted molar refractivity (Wildman–Crippen MR) is 64.5 cm³/mol. The number of methoxy groups -OCH3 is 1. The summed E-state index contributed by atoms with van der Waals surface area (Å²) in [4.78, 5) is 12.9. The van der Waals surface area contributed by atoms with E-state index in [4.69, 9.17) is 4.74 Å². The zero-order valence-corrected chi connectivity index (χ0v) is 9.64. The number of anilines is 1. The maximum absolute atomic E-state index is 10.6. The van der Waals surface area contributed by atoms with Crippen LogP contribution in [0.3, 0.4) is 0 Å². The van der Waals surface area contributed by atoms with Crippen LogP contribution in [0.2, 0.25) is 0 Å². The van der Waals surface area contributed by atoms with E-state index in [9.17, 15) is 4.91 Å². The lowest BCUT2D eigenvalue weighted by atomic mass is 10.2. The highest BCUT2D eigenvalue weighted by atomic mass is 16.5. The van der Waals surface area contributed by atoms with Gasteiger partial charge in [-0.2, -0.15) is 0 Å². The summed E-state index contributed by atoms with van der Waals surface area (Å²) in [6.07, 6.45) is 2.39. The van der Waals surface area contributed by atoms with Crippen LogP contribution in [0.5, 0.6) is 5.75 Å². The molecule has 0 radical (unpaired) electrons. The van der Waals surface area contributed by atoms with Gasteiger partial charge in [-0.25, -0.2) is 0 Å². The second-order valence-corrected chi connectivity index (χ2v) is 4.17. The Hall–Kier alpha value is -1.58. The van der Waals surface area contributed by atoms with Gasteiger partial charge >= 0.3 is 0 Å². The molecular formula is C12H16N2O2. The third kappa shape index (κ3) is 2.01. The minimum absolute atomic E-state index is 0.424. The van der Waals surface area contributed by atoms with E-state index in [2.05, 4.69) is 17.0 Å². The summed E-state index contributed by atoms with van der Waals surface area (Å²) in [5.41, 5.74) is 1.45. The Balaban J connectivity index is 2.35. The lowest BCUT2D eigenvalue weighted by molar-refractivity contribution is 0.415.